The van der Waals surface area contributed by atoms with Gasteiger partial charge in [-0.1, -0.05) is 178 Å². The summed E-state index contributed by atoms with van der Waals surface area (Å²) in [6.07, 6.45) is 5.34. The molecule has 8 aromatic rings. The molecular weight excluding hydrogens is 711 g/mol. The maximum absolute atomic E-state index is 2.60. The number of rotatable bonds is 6. The van der Waals surface area contributed by atoms with E-state index in [1.54, 1.807) is 5.56 Å². The molecule has 4 aliphatic rings. The van der Waals surface area contributed by atoms with Crippen LogP contribution in [0.1, 0.15) is 61.8 Å². The average molecular weight is 758 g/mol. The molecule has 0 radical (unpaired) electrons. The summed E-state index contributed by atoms with van der Waals surface area (Å²) in [7, 11) is 0. The van der Waals surface area contributed by atoms with Gasteiger partial charge < -0.3 is 4.90 Å². The summed E-state index contributed by atoms with van der Waals surface area (Å²) in [5.74, 6) is 1.52. The Bertz CT molecular complexity index is 2920. The van der Waals surface area contributed by atoms with Crippen LogP contribution in [0, 0.1) is 11.8 Å². The van der Waals surface area contributed by atoms with Crippen molar-refractivity contribution in [2.45, 2.75) is 50.4 Å². The van der Waals surface area contributed by atoms with Crippen LogP contribution in [0.5, 0.6) is 0 Å². The van der Waals surface area contributed by atoms with Gasteiger partial charge in [-0.05, 0) is 134 Å². The van der Waals surface area contributed by atoms with Gasteiger partial charge in [0.25, 0.3) is 0 Å². The second-order valence-corrected chi connectivity index (χ2v) is 18.1. The molecule has 4 aliphatic carbocycles. The largest absolute Gasteiger partial charge is 0.310 e. The lowest BCUT2D eigenvalue weighted by Crippen LogP contribution is -2.32. The van der Waals surface area contributed by atoms with Gasteiger partial charge in [-0.25, -0.2) is 0 Å². The van der Waals surface area contributed by atoms with Crippen LogP contribution in [0.15, 0.2) is 188 Å². The van der Waals surface area contributed by atoms with E-state index in [0.29, 0.717) is 5.92 Å². The minimum absolute atomic E-state index is 0.0991. The molecule has 3 unspecified atom stereocenters. The highest BCUT2D eigenvalue weighted by atomic mass is 15.1. The standard InChI is InChI=1S/C58H47N/c1-57(2)52-20-9-6-16-47(52)50-18-12-19-51(56(50)57)49-17-8-11-22-55(49)59(44-31-28-42(29-32-44)41-26-24-40(25-27-41)39-13-4-3-5-14-39)45-33-34-48-46-15-7-10-21-53(46)58(54(48)36-45)37-38-23-30-43(58)35-38/h3-22,24-29,31-34,36,38,43H,23,30,35,37H2,1-2H3. The Labute approximate surface area is 348 Å². The average Bonchev–Trinajstić information content (AvgIpc) is 4.04. The van der Waals surface area contributed by atoms with Crippen molar-refractivity contribution in [3.05, 3.63) is 210 Å². The number of hydrogen-bond donors (Lipinski definition) is 0. The molecular formula is C58H47N. The van der Waals surface area contributed by atoms with Gasteiger partial charge in [0.1, 0.15) is 0 Å². The van der Waals surface area contributed by atoms with Crippen molar-refractivity contribution >= 4 is 17.1 Å². The zero-order chi connectivity index (χ0) is 39.3. The first-order chi connectivity index (χ1) is 29.0. The molecule has 284 valence electrons. The molecule has 2 bridgehead atoms. The molecule has 12 rings (SSSR count). The number of benzene rings is 8. The second-order valence-electron chi connectivity index (χ2n) is 18.1. The molecule has 0 N–H and O–H groups in total. The Morgan fingerprint density at radius 3 is 1.63 bits per heavy atom. The van der Waals surface area contributed by atoms with Gasteiger partial charge in [-0.15, -0.1) is 0 Å². The maximum Gasteiger partial charge on any atom is 0.0540 e. The normalized spacial score (nSPS) is 20.0. The van der Waals surface area contributed by atoms with Crippen LogP contribution >= 0.6 is 0 Å². The van der Waals surface area contributed by atoms with Gasteiger partial charge in [-0.3, -0.25) is 0 Å². The topological polar surface area (TPSA) is 3.24 Å². The summed E-state index contributed by atoms with van der Waals surface area (Å²) in [4.78, 5) is 2.55. The molecule has 8 aromatic carbocycles. The lowest BCUT2D eigenvalue weighted by Gasteiger charge is -2.37. The third-order valence-electron chi connectivity index (χ3n) is 14.8. The SMILES string of the molecule is CC1(C)c2ccccc2-c2cccc(-c3ccccc3N(c3ccc(-c4ccc(-c5ccccc5)cc4)cc3)c3ccc4c(c3)C3(CC5CCC3C5)c3ccccc3-4)c21. The summed E-state index contributed by atoms with van der Waals surface area (Å²) in [6.45, 7) is 4.80. The Morgan fingerprint density at radius 2 is 0.949 bits per heavy atom. The lowest BCUT2D eigenvalue weighted by molar-refractivity contribution is 0.327. The molecule has 0 aliphatic heterocycles. The third kappa shape index (κ3) is 5.10. The highest BCUT2D eigenvalue weighted by Crippen LogP contribution is 2.66. The van der Waals surface area contributed by atoms with E-state index in [4.69, 9.17) is 0 Å². The number of anilines is 3. The van der Waals surface area contributed by atoms with Crippen molar-refractivity contribution in [2.75, 3.05) is 4.90 Å². The molecule has 1 heteroatoms. The van der Waals surface area contributed by atoms with E-state index in [1.165, 1.54) is 109 Å². The van der Waals surface area contributed by atoms with E-state index in [0.717, 1.165) is 11.6 Å². The predicted molar refractivity (Wildman–Crippen MR) is 247 cm³/mol. The fourth-order valence-electron chi connectivity index (χ4n) is 12.2. The summed E-state index contributed by atoms with van der Waals surface area (Å²) < 4.78 is 0. The van der Waals surface area contributed by atoms with Gasteiger partial charge in [0.2, 0.25) is 0 Å². The highest BCUT2D eigenvalue weighted by molar-refractivity contribution is 5.95. The second kappa shape index (κ2) is 13.0. The molecule has 0 saturated heterocycles. The predicted octanol–water partition coefficient (Wildman–Crippen LogP) is 15.6. The minimum Gasteiger partial charge on any atom is -0.310 e. The van der Waals surface area contributed by atoms with Crippen LogP contribution in [0.2, 0.25) is 0 Å². The zero-order valence-corrected chi connectivity index (χ0v) is 33.8. The van der Waals surface area contributed by atoms with E-state index in [9.17, 15) is 0 Å². The van der Waals surface area contributed by atoms with Crippen molar-refractivity contribution in [3.63, 3.8) is 0 Å². The summed E-state index contributed by atoms with van der Waals surface area (Å²) >= 11 is 0. The van der Waals surface area contributed by atoms with Gasteiger partial charge in [0, 0.05) is 27.8 Å². The number of hydrogen-bond acceptors (Lipinski definition) is 1. The van der Waals surface area contributed by atoms with Gasteiger partial charge in [-0.2, -0.15) is 0 Å². The lowest BCUT2D eigenvalue weighted by atomic mass is 9.67. The van der Waals surface area contributed by atoms with Gasteiger partial charge in [0.05, 0.1) is 5.69 Å². The van der Waals surface area contributed by atoms with Gasteiger partial charge in [0.15, 0.2) is 0 Å². The van der Waals surface area contributed by atoms with E-state index < -0.39 is 0 Å². The first kappa shape index (κ1) is 34.6. The Balaban J connectivity index is 1.03. The van der Waals surface area contributed by atoms with Crippen molar-refractivity contribution in [1.29, 1.82) is 0 Å². The zero-order valence-electron chi connectivity index (χ0n) is 33.8. The Kier molecular flexibility index (Phi) is 7.64. The third-order valence-corrected chi connectivity index (χ3v) is 14.8. The Morgan fingerprint density at radius 1 is 0.424 bits per heavy atom. The molecule has 3 atom stereocenters. The highest BCUT2D eigenvalue weighted by Gasteiger charge is 2.56. The van der Waals surface area contributed by atoms with Crippen LogP contribution in [-0.4, -0.2) is 0 Å². The van der Waals surface area contributed by atoms with Crippen LogP contribution in [0.25, 0.3) is 55.6 Å². The fraction of sp³-hybridized carbons (Fsp3) is 0.172. The molecule has 1 spiro atoms. The van der Waals surface area contributed by atoms with Gasteiger partial charge >= 0.3 is 0 Å². The maximum atomic E-state index is 2.60. The summed E-state index contributed by atoms with van der Waals surface area (Å²) in [5.41, 5.74) is 22.5. The van der Waals surface area contributed by atoms with Crippen LogP contribution in [-0.2, 0) is 10.8 Å². The van der Waals surface area contributed by atoms with Crippen LogP contribution < -0.4 is 4.90 Å². The van der Waals surface area contributed by atoms with E-state index in [1.807, 2.05) is 0 Å². The van der Waals surface area contributed by atoms with Crippen molar-refractivity contribution in [3.8, 4) is 55.6 Å². The summed E-state index contributed by atoms with van der Waals surface area (Å²) in [5, 5.41) is 0. The quantitative estimate of drug-likeness (QED) is 0.163. The minimum atomic E-state index is -0.133. The van der Waals surface area contributed by atoms with Crippen molar-refractivity contribution in [1.82, 2.24) is 0 Å². The van der Waals surface area contributed by atoms with Crippen LogP contribution in [0.4, 0.5) is 17.1 Å². The van der Waals surface area contributed by atoms with E-state index in [-0.39, 0.29) is 10.8 Å². The Hall–Kier alpha value is -6.44. The molecule has 2 saturated carbocycles. The molecule has 0 aromatic heterocycles. The van der Waals surface area contributed by atoms with E-state index in [2.05, 4.69) is 207 Å². The number of nitrogens with zero attached hydrogens (tertiary/aromatic N) is 1. The van der Waals surface area contributed by atoms with Crippen molar-refractivity contribution < 1.29 is 0 Å². The molecule has 2 fully saturated rings. The molecule has 0 heterocycles. The first-order valence-corrected chi connectivity index (χ1v) is 21.6. The number of fused-ring (bicyclic) bond motifs is 11. The van der Waals surface area contributed by atoms with Crippen molar-refractivity contribution in [2.24, 2.45) is 11.8 Å². The fourth-order valence-corrected chi connectivity index (χ4v) is 12.2. The molecule has 1 nitrogen and oxygen atoms in total. The monoisotopic (exact) mass is 757 g/mol. The smallest absolute Gasteiger partial charge is 0.0540 e. The molecule has 0 amide bonds. The van der Waals surface area contributed by atoms with E-state index >= 15 is 0 Å². The molecule has 59 heavy (non-hydrogen) atoms. The van der Waals surface area contributed by atoms with Crippen LogP contribution in [0.3, 0.4) is 0 Å². The first-order valence-electron chi connectivity index (χ1n) is 21.6. The number of para-hydroxylation sites is 1. The summed E-state index contributed by atoms with van der Waals surface area (Å²) in [6, 6.07) is 70.8.